The zero-order valence-corrected chi connectivity index (χ0v) is 12.0. The van der Waals surface area contributed by atoms with Gasteiger partial charge >= 0.3 is 5.97 Å². The number of benzene rings is 1. The van der Waals surface area contributed by atoms with E-state index in [1.54, 1.807) is 18.9 Å². The Labute approximate surface area is 115 Å². The lowest BCUT2D eigenvalue weighted by Crippen LogP contribution is -2.01. The molecular weight excluding hydrogens is 264 g/mol. The van der Waals surface area contributed by atoms with Crippen molar-refractivity contribution in [3.05, 3.63) is 18.2 Å². The minimum absolute atomic E-state index is 0.201. The fraction of sp³-hybridized carbons (Fsp3) is 0.385. The Kier molecular flexibility index (Phi) is 4.31. The summed E-state index contributed by atoms with van der Waals surface area (Å²) in [5.74, 6) is 1.24. The molecule has 0 radical (unpaired) electrons. The maximum Gasteiger partial charge on any atom is 0.306 e. The second-order valence-corrected chi connectivity index (χ2v) is 5.04. The molecule has 0 saturated heterocycles. The number of aryl methyl sites for hydroxylation is 1. The molecule has 0 unspecified atom stereocenters. The summed E-state index contributed by atoms with van der Waals surface area (Å²) < 4.78 is 11.8. The van der Waals surface area contributed by atoms with E-state index in [0.29, 0.717) is 12.2 Å². The Balaban J connectivity index is 2.15. The van der Waals surface area contributed by atoms with Gasteiger partial charge in [0.2, 0.25) is 0 Å². The highest BCUT2D eigenvalue weighted by molar-refractivity contribution is 7.99. The van der Waals surface area contributed by atoms with Gasteiger partial charge in [-0.2, -0.15) is 0 Å². The van der Waals surface area contributed by atoms with Crippen LogP contribution in [0, 0.1) is 0 Å². The Bertz CT molecular complexity index is 595. The van der Waals surface area contributed by atoms with Gasteiger partial charge in [0.05, 0.1) is 31.7 Å². The number of carbonyl (C=O) groups is 1. The first-order chi connectivity index (χ1) is 9.15. The largest absolute Gasteiger partial charge is 0.497 e. The van der Waals surface area contributed by atoms with Crippen LogP contribution >= 0.6 is 11.8 Å². The van der Waals surface area contributed by atoms with Crippen LogP contribution in [0.4, 0.5) is 0 Å². The molecule has 2 aromatic rings. The van der Waals surface area contributed by atoms with Gasteiger partial charge in [-0.1, -0.05) is 11.8 Å². The number of imidazole rings is 1. The molecule has 1 aromatic carbocycles. The number of fused-ring (bicyclic) bond motifs is 1. The van der Waals surface area contributed by atoms with Gasteiger partial charge < -0.3 is 14.0 Å². The van der Waals surface area contributed by atoms with E-state index in [0.717, 1.165) is 21.9 Å². The molecule has 0 aliphatic carbocycles. The van der Waals surface area contributed by atoms with Gasteiger partial charge in [-0.15, -0.1) is 0 Å². The summed E-state index contributed by atoms with van der Waals surface area (Å²) in [4.78, 5) is 15.6. The first-order valence-electron chi connectivity index (χ1n) is 5.85. The molecule has 1 aromatic heterocycles. The molecule has 0 aliphatic heterocycles. The van der Waals surface area contributed by atoms with Crippen LogP contribution in [-0.2, 0) is 16.6 Å². The number of nitrogens with zero attached hydrogens (tertiary/aromatic N) is 2. The van der Waals surface area contributed by atoms with Gasteiger partial charge in [-0.05, 0) is 12.1 Å². The molecule has 0 N–H and O–H groups in total. The van der Waals surface area contributed by atoms with E-state index in [9.17, 15) is 4.79 Å². The van der Waals surface area contributed by atoms with Gasteiger partial charge in [-0.3, -0.25) is 4.79 Å². The van der Waals surface area contributed by atoms with E-state index in [1.807, 2.05) is 29.8 Å². The Morgan fingerprint density at radius 1 is 1.42 bits per heavy atom. The molecule has 0 bridgehead atoms. The van der Waals surface area contributed by atoms with Crippen LogP contribution in [0.25, 0.3) is 11.0 Å². The number of methoxy groups -OCH3 is 2. The van der Waals surface area contributed by atoms with Crippen LogP contribution in [0.1, 0.15) is 6.42 Å². The average molecular weight is 280 g/mol. The van der Waals surface area contributed by atoms with Crippen molar-refractivity contribution in [3.63, 3.8) is 0 Å². The summed E-state index contributed by atoms with van der Waals surface area (Å²) in [7, 11) is 4.99. The maximum atomic E-state index is 11.1. The number of carbonyl (C=O) groups excluding carboxylic acids is 1. The molecular formula is C13H16N2O3S. The minimum atomic E-state index is -0.201. The molecule has 5 nitrogen and oxygen atoms in total. The molecule has 102 valence electrons. The van der Waals surface area contributed by atoms with Crippen LogP contribution in [0.2, 0.25) is 0 Å². The highest BCUT2D eigenvalue weighted by atomic mass is 32.2. The van der Waals surface area contributed by atoms with Crippen LogP contribution in [0.3, 0.4) is 0 Å². The molecule has 6 heteroatoms. The first-order valence-corrected chi connectivity index (χ1v) is 6.84. The standard InChI is InChI=1S/C13H16N2O3S/c1-15-11-5-4-9(17-2)8-10(11)14-13(15)19-7-6-12(16)18-3/h4-5,8H,6-7H2,1-3H3. The lowest BCUT2D eigenvalue weighted by molar-refractivity contribution is -0.140. The Morgan fingerprint density at radius 3 is 2.89 bits per heavy atom. The lowest BCUT2D eigenvalue weighted by Gasteiger charge is -2.02. The number of hydrogen-bond acceptors (Lipinski definition) is 5. The zero-order chi connectivity index (χ0) is 13.8. The molecule has 0 aliphatic rings. The number of aromatic nitrogens is 2. The predicted molar refractivity (Wildman–Crippen MR) is 74.6 cm³/mol. The molecule has 0 spiro atoms. The van der Waals surface area contributed by atoms with Crippen molar-refractivity contribution < 1.29 is 14.3 Å². The monoisotopic (exact) mass is 280 g/mol. The van der Waals surface area contributed by atoms with Crippen LogP contribution in [0.15, 0.2) is 23.4 Å². The minimum Gasteiger partial charge on any atom is -0.497 e. The summed E-state index contributed by atoms with van der Waals surface area (Å²) >= 11 is 1.54. The summed E-state index contributed by atoms with van der Waals surface area (Å²) in [6.07, 6.45) is 0.383. The van der Waals surface area contributed by atoms with Crippen LogP contribution in [0.5, 0.6) is 5.75 Å². The van der Waals surface area contributed by atoms with Crippen molar-refractivity contribution in [3.8, 4) is 5.75 Å². The number of ether oxygens (including phenoxy) is 2. The van der Waals surface area contributed by atoms with Crippen LogP contribution < -0.4 is 4.74 Å². The molecule has 0 amide bonds. The molecule has 0 atom stereocenters. The molecule has 0 fully saturated rings. The molecule has 19 heavy (non-hydrogen) atoms. The van der Waals surface area contributed by atoms with Gasteiger partial charge in [0, 0.05) is 18.9 Å². The highest BCUT2D eigenvalue weighted by Gasteiger charge is 2.10. The summed E-state index contributed by atoms with van der Waals surface area (Å²) in [5.41, 5.74) is 1.93. The van der Waals surface area contributed by atoms with Gasteiger partial charge in [0.25, 0.3) is 0 Å². The number of hydrogen-bond donors (Lipinski definition) is 0. The molecule has 0 saturated carbocycles. The molecule has 2 rings (SSSR count). The smallest absolute Gasteiger partial charge is 0.306 e. The second-order valence-electron chi connectivity index (χ2n) is 3.98. The van der Waals surface area contributed by atoms with Gasteiger partial charge in [-0.25, -0.2) is 4.98 Å². The Hall–Kier alpha value is -1.69. The maximum absolute atomic E-state index is 11.1. The number of rotatable bonds is 5. The van der Waals surface area contributed by atoms with Crippen LogP contribution in [-0.4, -0.2) is 35.5 Å². The normalized spacial score (nSPS) is 10.7. The van der Waals surface area contributed by atoms with Crippen molar-refractivity contribution in [1.29, 1.82) is 0 Å². The van der Waals surface area contributed by atoms with E-state index in [2.05, 4.69) is 9.72 Å². The van der Waals surface area contributed by atoms with Crippen molar-refractivity contribution in [1.82, 2.24) is 9.55 Å². The first kappa shape index (κ1) is 13.7. The highest BCUT2D eigenvalue weighted by Crippen LogP contribution is 2.26. The zero-order valence-electron chi connectivity index (χ0n) is 11.2. The third kappa shape index (κ3) is 3.01. The summed E-state index contributed by atoms with van der Waals surface area (Å²) in [6, 6.07) is 5.79. The van der Waals surface area contributed by atoms with Crippen molar-refractivity contribution in [2.75, 3.05) is 20.0 Å². The topological polar surface area (TPSA) is 53.4 Å². The summed E-state index contributed by atoms with van der Waals surface area (Å²) in [6.45, 7) is 0. The van der Waals surface area contributed by atoms with Crippen molar-refractivity contribution in [2.45, 2.75) is 11.6 Å². The fourth-order valence-electron chi connectivity index (χ4n) is 1.74. The van der Waals surface area contributed by atoms with Gasteiger partial charge in [0.15, 0.2) is 5.16 Å². The van der Waals surface area contributed by atoms with E-state index in [4.69, 9.17) is 4.74 Å². The third-order valence-corrected chi connectivity index (χ3v) is 3.84. The third-order valence-electron chi connectivity index (χ3n) is 2.81. The van der Waals surface area contributed by atoms with E-state index in [-0.39, 0.29) is 5.97 Å². The van der Waals surface area contributed by atoms with Gasteiger partial charge in [0.1, 0.15) is 5.75 Å². The predicted octanol–water partition coefficient (Wildman–Crippen LogP) is 2.24. The number of esters is 1. The second kappa shape index (κ2) is 5.97. The lowest BCUT2D eigenvalue weighted by atomic mass is 10.3. The quantitative estimate of drug-likeness (QED) is 0.621. The average Bonchev–Trinajstić information content (AvgIpc) is 2.74. The fourth-order valence-corrected chi connectivity index (χ4v) is 2.65. The van der Waals surface area contributed by atoms with E-state index < -0.39 is 0 Å². The van der Waals surface area contributed by atoms with Crippen molar-refractivity contribution >= 4 is 28.8 Å². The van der Waals surface area contributed by atoms with E-state index >= 15 is 0 Å². The van der Waals surface area contributed by atoms with E-state index in [1.165, 1.54) is 7.11 Å². The number of thioether (sulfide) groups is 1. The SMILES string of the molecule is COC(=O)CCSc1nc2cc(OC)ccc2n1C. The Morgan fingerprint density at radius 2 is 2.21 bits per heavy atom. The molecule has 1 heterocycles. The van der Waals surface area contributed by atoms with Crippen molar-refractivity contribution in [2.24, 2.45) is 7.05 Å². The summed E-state index contributed by atoms with van der Waals surface area (Å²) in [5, 5.41) is 0.882.